The highest BCUT2D eigenvalue weighted by atomic mass is 28.4. The van der Waals surface area contributed by atoms with Gasteiger partial charge in [-0.05, 0) is 24.6 Å². The van der Waals surface area contributed by atoms with Crippen LogP contribution in [0.15, 0.2) is 24.8 Å². The number of hydrogen-bond donors (Lipinski definition) is 0. The molecule has 0 bridgehead atoms. The smallest absolute Gasteiger partial charge is 0.410 e. The van der Waals surface area contributed by atoms with Crippen LogP contribution in [0, 0.1) is 0 Å². The first-order valence-electron chi connectivity index (χ1n) is 8.07. The van der Waals surface area contributed by atoms with Crippen molar-refractivity contribution in [3.63, 3.8) is 0 Å². The molecule has 1 saturated heterocycles. The van der Waals surface area contributed by atoms with Gasteiger partial charge in [-0.15, -0.1) is 0 Å². The Bertz CT molecular complexity index is 446. The summed E-state index contributed by atoms with van der Waals surface area (Å²) in [5, 5.41) is 0.105. The van der Waals surface area contributed by atoms with Crippen molar-refractivity contribution in [1.29, 1.82) is 0 Å². The van der Waals surface area contributed by atoms with E-state index in [1.807, 2.05) is 0 Å². The molecule has 1 heterocycles. The molecule has 132 valence electrons. The minimum atomic E-state index is -1.91. The van der Waals surface area contributed by atoms with Crippen LogP contribution in [-0.4, -0.2) is 51.3 Å². The average molecular weight is 344 g/mol. The Hall–Kier alpha value is -1.14. The number of carbonyl (C=O) groups excluding carboxylic acids is 1. The Morgan fingerprint density at radius 2 is 2.09 bits per heavy atom. The highest BCUT2D eigenvalue weighted by Crippen LogP contribution is 2.39. The number of rotatable bonds is 6. The van der Waals surface area contributed by atoms with Crippen LogP contribution in [0.1, 0.15) is 27.2 Å². The molecule has 2 atom stereocenters. The molecule has 0 aromatic carbocycles. The van der Waals surface area contributed by atoms with Crippen molar-refractivity contribution in [2.24, 2.45) is 0 Å². The highest BCUT2D eigenvalue weighted by Gasteiger charge is 2.43. The molecule has 0 aromatic rings. The Morgan fingerprint density at radius 3 is 2.61 bits per heavy atom. The van der Waals surface area contributed by atoms with Crippen LogP contribution < -0.4 is 0 Å². The molecule has 0 radical (unpaired) electrons. The zero-order valence-corrected chi connectivity index (χ0v) is 16.0. The molecular formula is C17H30FNO3Si. The first kappa shape index (κ1) is 19.9. The minimum absolute atomic E-state index is 0.0403. The summed E-state index contributed by atoms with van der Waals surface area (Å²) in [5.41, 5.74) is 0. The van der Waals surface area contributed by atoms with Gasteiger partial charge in [0.1, 0.15) is 13.3 Å². The zero-order chi connectivity index (χ0) is 17.7. The lowest BCUT2D eigenvalue weighted by atomic mass is 10.2. The second-order valence-electron chi connectivity index (χ2n) is 7.40. The summed E-state index contributed by atoms with van der Waals surface area (Å²) in [7, 11) is -1.91. The van der Waals surface area contributed by atoms with E-state index < -0.39 is 21.1 Å². The van der Waals surface area contributed by atoms with Crippen LogP contribution in [0.2, 0.25) is 18.1 Å². The third-order valence-electron chi connectivity index (χ3n) is 4.58. The number of allylic oxidation sites excluding steroid dienone is 1. The molecule has 0 aromatic heterocycles. The summed E-state index contributed by atoms with van der Waals surface area (Å²) in [4.78, 5) is 13.8. The van der Waals surface area contributed by atoms with Crippen LogP contribution in [0.5, 0.6) is 0 Å². The predicted molar refractivity (Wildman–Crippen MR) is 93.8 cm³/mol. The largest absolute Gasteiger partial charge is 0.445 e. The van der Waals surface area contributed by atoms with Gasteiger partial charge in [0, 0.05) is 6.54 Å². The van der Waals surface area contributed by atoms with Crippen LogP contribution in [0.3, 0.4) is 0 Å². The van der Waals surface area contributed by atoms with Crippen molar-refractivity contribution in [3.05, 3.63) is 24.8 Å². The first-order chi connectivity index (χ1) is 10.6. The van der Waals surface area contributed by atoms with Gasteiger partial charge >= 0.3 is 6.09 Å². The molecule has 0 saturated carbocycles. The molecule has 1 fully saturated rings. The SMILES string of the molecule is C=CCOC(=O)N1C[C@H](O[Si](C)(C)C(C)(C)C)C[C@H]1C=CCF. The fourth-order valence-electron chi connectivity index (χ4n) is 2.32. The molecule has 0 aliphatic carbocycles. The molecule has 1 aliphatic rings. The fourth-order valence-corrected chi connectivity index (χ4v) is 3.68. The standard InChI is InChI=1S/C17H30FNO3Si/c1-7-11-21-16(20)19-13-15(12-14(19)9-8-10-18)22-23(5,6)17(2,3)4/h7-9,14-15H,1,10-13H2,2-6H3/t14-,15-/m1/s1. The van der Waals surface area contributed by atoms with Gasteiger partial charge in [0.05, 0.1) is 12.1 Å². The van der Waals surface area contributed by atoms with E-state index in [1.54, 1.807) is 11.0 Å². The topological polar surface area (TPSA) is 38.8 Å². The van der Waals surface area contributed by atoms with Crippen LogP contribution in [-0.2, 0) is 9.16 Å². The lowest BCUT2D eigenvalue weighted by Gasteiger charge is -2.38. The summed E-state index contributed by atoms with van der Waals surface area (Å²) < 4.78 is 24.0. The van der Waals surface area contributed by atoms with Crippen molar-refractivity contribution >= 4 is 14.4 Å². The van der Waals surface area contributed by atoms with Gasteiger partial charge < -0.3 is 9.16 Å². The molecule has 1 amide bonds. The van der Waals surface area contributed by atoms with Gasteiger partial charge in [-0.1, -0.05) is 45.6 Å². The number of nitrogens with zero attached hydrogens (tertiary/aromatic N) is 1. The van der Waals surface area contributed by atoms with Crippen LogP contribution >= 0.6 is 0 Å². The van der Waals surface area contributed by atoms with E-state index in [4.69, 9.17) is 9.16 Å². The summed E-state index contributed by atoms with van der Waals surface area (Å²) in [6.07, 6.45) is 4.93. The Kier molecular flexibility index (Phi) is 7.01. The van der Waals surface area contributed by atoms with E-state index in [0.29, 0.717) is 13.0 Å². The Balaban J connectivity index is 2.81. The number of amides is 1. The Labute approximate surface area is 140 Å². The minimum Gasteiger partial charge on any atom is -0.445 e. The maximum Gasteiger partial charge on any atom is 0.410 e. The third-order valence-corrected chi connectivity index (χ3v) is 9.11. The number of ether oxygens (including phenoxy) is 1. The fraction of sp³-hybridized carbons (Fsp3) is 0.706. The monoisotopic (exact) mass is 343 g/mol. The first-order valence-corrected chi connectivity index (χ1v) is 11.0. The molecular weight excluding hydrogens is 313 g/mol. The van der Waals surface area contributed by atoms with Crippen molar-refractivity contribution in [3.8, 4) is 0 Å². The number of carbonyl (C=O) groups is 1. The average Bonchev–Trinajstić information content (AvgIpc) is 2.83. The summed E-state index contributed by atoms with van der Waals surface area (Å²) in [6.45, 7) is 14.6. The number of hydrogen-bond acceptors (Lipinski definition) is 3. The summed E-state index contributed by atoms with van der Waals surface area (Å²) >= 11 is 0. The van der Waals surface area contributed by atoms with E-state index in [0.717, 1.165) is 0 Å². The van der Waals surface area contributed by atoms with E-state index in [1.165, 1.54) is 12.2 Å². The van der Waals surface area contributed by atoms with Crippen molar-refractivity contribution in [2.45, 2.75) is 57.5 Å². The van der Waals surface area contributed by atoms with Crippen molar-refractivity contribution in [1.82, 2.24) is 4.90 Å². The summed E-state index contributed by atoms with van der Waals surface area (Å²) in [6, 6.07) is -0.183. The van der Waals surface area contributed by atoms with Gasteiger partial charge in [-0.3, -0.25) is 4.90 Å². The third kappa shape index (κ3) is 5.46. The second kappa shape index (κ2) is 8.10. The van der Waals surface area contributed by atoms with Gasteiger partial charge in [-0.2, -0.15) is 0 Å². The maximum atomic E-state index is 12.4. The maximum absolute atomic E-state index is 12.4. The number of halogens is 1. The molecule has 6 heteroatoms. The molecule has 0 N–H and O–H groups in total. The summed E-state index contributed by atoms with van der Waals surface area (Å²) in [5.74, 6) is 0. The van der Waals surface area contributed by atoms with E-state index in [-0.39, 0.29) is 23.8 Å². The highest BCUT2D eigenvalue weighted by molar-refractivity contribution is 6.74. The molecule has 4 nitrogen and oxygen atoms in total. The van der Waals surface area contributed by atoms with Gasteiger partial charge in [-0.25, -0.2) is 9.18 Å². The molecule has 0 spiro atoms. The van der Waals surface area contributed by atoms with Crippen molar-refractivity contribution in [2.75, 3.05) is 19.8 Å². The van der Waals surface area contributed by atoms with E-state index in [9.17, 15) is 9.18 Å². The Morgan fingerprint density at radius 1 is 1.43 bits per heavy atom. The van der Waals surface area contributed by atoms with E-state index in [2.05, 4.69) is 40.4 Å². The molecule has 0 unspecified atom stereocenters. The lowest BCUT2D eigenvalue weighted by Crippen LogP contribution is -2.44. The van der Waals surface area contributed by atoms with Crippen molar-refractivity contribution < 1.29 is 18.3 Å². The lowest BCUT2D eigenvalue weighted by molar-refractivity contribution is 0.108. The van der Waals surface area contributed by atoms with Crippen LogP contribution in [0.25, 0.3) is 0 Å². The van der Waals surface area contributed by atoms with Gasteiger partial charge in [0.2, 0.25) is 0 Å². The predicted octanol–water partition coefficient (Wildman–Crippen LogP) is 4.30. The number of likely N-dealkylation sites (tertiary alicyclic amines) is 1. The van der Waals surface area contributed by atoms with Crippen LogP contribution in [0.4, 0.5) is 9.18 Å². The second-order valence-corrected chi connectivity index (χ2v) is 12.2. The molecule has 23 heavy (non-hydrogen) atoms. The zero-order valence-electron chi connectivity index (χ0n) is 15.0. The molecule has 1 rings (SSSR count). The normalized spacial score (nSPS) is 22.6. The number of alkyl halides is 1. The van der Waals surface area contributed by atoms with Gasteiger partial charge in [0.25, 0.3) is 0 Å². The quantitative estimate of drug-likeness (QED) is 0.533. The molecule has 1 aliphatic heterocycles. The van der Waals surface area contributed by atoms with Gasteiger partial charge in [0.15, 0.2) is 8.32 Å². The van der Waals surface area contributed by atoms with E-state index >= 15 is 0 Å².